The summed E-state index contributed by atoms with van der Waals surface area (Å²) in [6, 6.07) is 0. The molecule has 0 radical (unpaired) electrons. The van der Waals surface area contributed by atoms with Crippen molar-refractivity contribution in [1.29, 1.82) is 0 Å². The largest absolute Gasteiger partial charge is 0.303 e. The van der Waals surface area contributed by atoms with E-state index in [0.717, 1.165) is 19.4 Å². The SMILES string of the molecule is CCC1(CC)CCN(CCCC(C)=O)CC1. The van der Waals surface area contributed by atoms with Gasteiger partial charge in [-0.3, -0.25) is 0 Å². The number of rotatable bonds is 6. The van der Waals surface area contributed by atoms with E-state index in [2.05, 4.69) is 18.7 Å². The van der Waals surface area contributed by atoms with Crippen LogP contribution in [-0.2, 0) is 4.79 Å². The van der Waals surface area contributed by atoms with Crippen LogP contribution in [0.25, 0.3) is 0 Å². The summed E-state index contributed by atoms with van der Waals surface area (Å²) in [4.78, 5) is 13.4. The van der Waals surface area contributed by atoms with E-state index in [4.69, 9.17) is 0 Å². The van der Waals surface area contributed by atoms with Gasteiger partial charge in [-0.1, -0.05) is 26.7 Å². The lowest BCUT2D eigenvalue weighted by atomic mass is 9.74. The molecular weight excluding hydrogens is 198 g/mol. The second-order valence-electron chi connectivity index (χ2n) is 5.35. The van der Waals surface area contributed by atoms with Crippen LogP contribution in [0.3, 0.4) is 0 Å². The maximum Gasteiger partial charge on any atom is 0.129 e. The van der Waals surface area contributed by atoms with E-state index in [-0.39, 0.29) is 0 Å². The van der Waals surface area contributed by atoms with Crippen LogP contribution in [0, 0.1) is 5.41 Å². The van der Waals surface area contributed by atoms with E-state index in [1.54, 1.807) is 6.92 Å². The first-order chi connectivity index (χ1) is 7.62. The molecule has 0 amide bonds. The first-order valence-corrected chi connectivity index (χ1v) is 6.83. The highest BCUT2D eigenvalue weighted by molar-refractivity contribution is 5.75. The molecule has 0 aliphatic carbocycles. The van der Waals surface area contributed by atoms with Gasteiger partial charge >= 0.3 is 0 Å². The molecule has 2 heteroatoms. The molecule has 0 saturated carbocycles. The predicted molar refractivity (Wildman–Crippen MR) is 68.6 cm³/mol. The number of nitrogens with zero attached hydrogens (tertiary/aromatic N) is 1. The molecule has 0 atom stereocenters. The highest BCUT2D eigenvalue weighted by Gasteiger charge is 2.30. The predicted octanol–water partition coefficient (Wildman–Crippen LogP) is 3.26. The molecule has 2 nitrogen and oxygen atoms in total. The molecule has 16 heavy (non-hydrogen) atoms. The molecule has 0 spiro atoms. The van der Waals surface area contributed by atoms with Crippen molar-refractivity contribution in [3.05, 3.63) is 0 Å². The zero-order chi connectivity index (χ0) is 12.0. The van der Waals surface area contributed by atoms with Crippen molar-refractivity contribution in [2.75, 3.05) is 19.6 Å². The van der Waals surface area contributed by atoms with E-state index in [9.17, 15) is 4.79 Å². The quantitative estimate of drug-likeness (QED) is 0.691. The molecule has 1 fully saturated rings. The number of carbonyl (C=O) groups is 1. The van der Waals surface area contributed by atoms with Crippen molar-refractivity contribution >= 4 is 5.78 Å². The van der Waals surface area contributed by atoms with Gasteiger partial charge < -0.3 is 9.69 Å². The maximum atomic E-state index is 10.9. The summed E-state index contributed by atoms with van der Waals surface area (Å²) in [5.41, 5.74) is 0.622. The van der Waals surface area contributed by atoms with Crippen LogP contribution in [0.4, 0.5) is 0 Å². The Hall–Kier alpha value is -0.370. The van der Waals surface area contributed by atoms with Gasteiger partial charge in [-0.2, -0.15) is 0 Å². The summed E-state index contributed by atoms with van der Waals surface area (Å²) in [6.07, 6.45) is 7.14. The zero-order valence-electron chi connectivity index (χ0n) is 11.2. The fourth-order valence-corrected chi connectivity index (χ4v) is 2.76. The van der Waals surface area contributed by atoms with E-state index in [1.165, 1.54) is 38.8 Å². The van der Waals surface area contributed by atoms with Gasteiger partial charge in [-0.05, 0) is 51.2 Å². The zero-order valence-corrected chi connectivity index (χ0v) is 11.2. The van der Waals surface area contributed by atoms with Crippen molar-refractivity contribution in [1.82, 2.24) is 4.90 Å². The van der Waals surface area contributed by atoms with Crippen molar-refractivity contribution < 1.29 is 4.79 Å². The number of piperidine rings is 1. The second kappa shape index (κ2) is 6.39. The summed E-state index contributed by atoms with van der Waals surface area (Å²) < 4.78 is 0. The van der Waals surface area contributed by atoms with Crippen molar-refractivity contribution in [3.63, 3.8) is 0 Å². The highest BCUT2D eigenvalue weighted by Crippen LogP contribution is 2.37. The Labute approximate surface area is 100 Å². The number of ketones is 1. The minimum atomic E-state index is 0.327. The fraction of sp³-hybridized carbons (Fsp3) is 0.929. The van der Waals surface area contributed by atoms with Crippen molar-refractivity contribution in [2.45, 2.75) is 59.3 Å². The van der Waals surface area contributed by atoms with Crippen LogP contribution in [0.5, 0.6) is 0 Å². The van der Waals surface area contributed by atoms with Gasteiger partial charge in [-0.25, -0.2) is 0 Å². The summed E-state index contributed by atoms with van der Waals surface area (Å²) in [5, 5.41) is 0. The van der Waals surface area contributed by atoms with Gasteiger partial charge in [0.2, 0.25) is 0 Å². The van der Waals surface area contributed by atoms with Gasteiger partial charge in [-0.15, -0.1) is 0 Å². The molecule has 0 aromatic heterocycles. The third kappa shape index (κ3) is 3.89. The summed E-state index contributed by atoms with van der Waals surface area (Å²) in [5.74, 6) is 0.327. The third-order valence-corrected chi connectivity index (χ3v) is 4.42. The Bertz CT molecular complexity index is 211. The van der Waals surface area contributed by atoms with Crippen molar-refractivity contribution in [2.24, 2.45) is 5.41 Å². The number of hydrogen-bond acceptors (Lipinski definition) is 2. The number of Topliss-reactive ketones (excluding diaryl/α,β-unsaturated/α-hetero) is 1. The topological polar surface area (TPSA) is 20.3 Å². The van der Waals surface area contributed by atoms with Crippen LogP contribution >= 0.6 is 0 Å². The van der Waals surface area contributed by atoms with Crippen LogP contribution in [0.2, 0.25) is 0 Å². The molecule has 0 bridgehead atoms. The average molecular weight is 225 g/mol. The number of carbonyl (C=O) groups excluding carboxylic acids is 1. The first-order valence-electron chi connectivity index (χ1n) is 6.83. The fourth-order valence-electron chi connectivity index (χ4n) is 2.76. The minimum absolute atomic E-state index is 0.327. The molecule has 0 N–H and O–H groups in total. The smallest absolute Gasteiger partial charge is 0.129 e. The van der Waals surface area contributed by atoms with E-state index in [1.807, 2.05) is 0 Å². The molecule has 1 heterocycles. The maximum absolute atomic E-state index is 10.9. The van der Waals surface area contributed by atoms with Gasteiger partial charge in [0.25, 0.3) is 0 Å². The average Bonchev–Trinajstić information content (AvgIpc) is 2.30. The lowest BCUT2D eigenvalue weighted by molar-refractivity contribution is -0.117. The van der Waals surface area contributed by atoms with E-state index < -0.39 is 0 Å². The third-order valence-electron chi connectivity index (χ3n) is 4.42. The molecule has 1 saturated heterocycles. The Morgan fingerprint density at radius 2 is 1.75 bits per heavy atom. The lowest BCUT2D eigenvalue weighted by Crippen LogP contribution is -2.40. The number of hydrogen-bond donors (Lipinski definition) is 0. The molecule has 0 aromatic rings. The number of likely N-dealkylation sites (tertiary alicyclic amines) is 1. The molecular formula is C14H27NO. The molecule has 94 valence electrons. The van der Waals surface area contributed by atoms with Crippen LogP contribution < -0.4 is 0 Å². The minimum Gasteiger partial charge on any atom is -0.303 e. The molecule has 1 aliphatic heterocycles. The normalized spacial score (nSPS) is 20.9. The van der Waals surface area contributed by atoms with Gasteiger partial charge in [0, 0.05) is 6.42 Å². The van der Waals surface area contributed by atoms with Gasteiger partial charge in [0.15, 0.2) is 0 Å². The lowest BCUT2D eigenvalue weighted by Gasteiger charge is -2.41. The summed E-state index contributed by atoms with van der Waals surface area (Å²) in [6.45, 7) is 9.93. The van der Waals surface area contributed by atoms with Gasteiger partial charge in [0.05, 0.1) is 0 Å². The van der Waals surface area contributed by atoms with Crippen molar-refractivity contribution in [3.8, 4) is 0 Å². The second-order valence-corrected chi connectivity index (χ2v) is 5.35. The summed E-state index contributed by atoms with van der Waals surface area (Å²) >= 11 is 0. The summed E-state index contributed by atoms with van der Waals surface area (Å²) in [7, 11) is 0. The Morgan fingerprint density at radius 3 is 2.19 bits per heavy atom. The van der Waals surface area contributed by atoms with E-state index in [0.29, 0.717) is 11.2 Å². The first kappa shape index (κ1) is 13.7. The Morgan fingerprint density at radius 1 is 1.19 bits per heavy atom. The van der Waals surface area contributed by atoms with E-state index >= 15 is 0 Å². The Balaban J connectivity index is 2.23. The van der Waals surface area contributed by atoms with Crippen LogP contribution in [-0.4, -0.2) is 30.3 Å². The highest BCUT2D eigenvalue weighted by atomic mass is 16.1. The van der Waals surface area contributed by atoms with Crippen LogP contribution in [0.1, 0.15) is 59.3 Å². The molecule has 0 aromatic carbocycles. The molecule has 0 unspecified atom stereocenters. The standard InChI is InChI=1S/C14H27NO/c1-4-14(5-2)8-11-15(12-9-14)10-6-7-13(3)16/h4-12H2,1-3H3. The molecule has 1 rings (SSSR count). The van der Waals surface area contributed by atoms with Crippen LogP contribution in [0.15, 0.2) is 0 Å². The monoisotopic (exact) mass is 225 g/mol. The Kier molecular flexibility index (Phi) is 5.47. The van der Waals surface area contributed by atoms with Gasteiger partial charge in [0.1, 0.15) is 5.78 Å². The molecule has 1 aliphatic rings.